The number of nitrogens with zero attached hydrogens (tertiary/aromatic N) is 5. The molecule has 0 N–H and O–H groups in total. The number of carbonyl (C=O) groups excluding carboxylic acids is 1. The van der Waals surface area contributed by atoms with Crippen LogP contribution in [0.2, 0.25) is 0 Å². The number of tetrazole rings is 1. The lowest BCUT2D eigenvalue weighted by atomic mass is 9.95. The molecule has 2 aromatic rings. The molecule has 1 aliphatic heterocycles. The van der Waals surface area contributed by atoms with Gasteiger partial charge in [-0.3, -0.25) is 4.79 Å². The van der Waals surface area contributed by atoms with Gasteiger partial charge in [-0.15, -0.1) is 5.10 Å². The van der Waals surface area contributed by atoms with Crippen LogP contribution in [0.4, 0.5) is 0 Å². The number of aryl methyl sites for hydroxylation is 1. The largest absolute Gasteiger partial charge is 0.339 e. The summed E-state index contributed by atoms with van der Waals surface area (Å²) in [6.45, 7) is 0.881. The third-order valence-corrected chi connectivity index (χ3v) is 5.40. The first kappa shape index (κ1) is 17.0. The van der Waals surface area contributed by atoms with E-state index in [4.69, 9.17) is 0 Å². The Morgan fingerprint density at radius 2 is 2.12 bits per heavy atom. The number of carbonyl (C=O) groups is 1. The molecule has 1 fully saturated rings. The number of aromatic nitrogens is 4. The van der Waals surface area contributed by atoms with E-state index >= 15 is 0 Å². The smallest absolute Gasteiger partial charge is 0.223 e. The van der Waals surface area contributed by atoms with Crippen molar-refractivity contribution in [1.29, 1.82) is 0 Å². The van der Waals surface area contributed by atoms with E-state index in [-0.39, 0.29) is 5.91 Å². The van der Waals surface area contributed by atoms with Gasteiger partial charge in [-0.25, -0.2) is 4.68 Å². The zero-order chi connectivity index (χ0) is 16.8. The molecule has 3 rings (SSSR count). The molecule has 0 radical (unpaired) electrons. The summed E-state index contributed by atoms with van der Waals surface area (Å²) in [6, 6.07) is 10.8. The van der Waals surface area contributed by atoms with Crippen LogP contribution in [-0.2, 0) is 18.3 Å². The fourth-order valence-corrected chi connectivity index (χ4v) is 3.92. The molecule has 1 aromatic carbocycles. The lowest BCUT2D eigenvalue weighted by Crippen LogP contribution is -2.45. The van der Waals surface area contributed by atoms with Crippen molar-refractivity contribution in [3.8, 4) is 0 Å². The van der Waals surface area contributed by atoms with Crippen LogP contribution in [0.25, 0.3) is 0 Å². The molecule has 1 atom stereocenters. The van der Waals surface area contributed by atoms with Crippen LogP contribution in [-0.4, -0.2) is 49.4 Å². The summed E-state index contributed by atoms with van der Waals surface area (Å²) < 4.78 is 1.63. The van der Waals surface area contributed by atoms with Crippen LogP contribution in [0.3, 0.4) is 0 Å². The molecule has 7 heteroatoms. The molecule has 1 amide bonds. The van der Waals surface area contributed by atoms with E-state index in [1.807, 2.05) is 13.1 Å². The van der Waals surface area contributed by atoms with Crippen molar-refractivity contribution in [2.75, 3.05) is 12.3 Å². The minimum absolute atomic E-state index is 0.248. The quantitative estimate of drug-likeness (QED) is 0.752. The Labute approximate surface area is 146 Å². The number of hydrogen-bond acceptors (Lipinski definition) is 5. The van der Waals surface area contributed by atoms with Crippen LogP contribution < -0.4 is 0 Å². The summed E-state index contributed by atoms with van der Waals surface area (Å²) in [7, 11) is 1.81. The molecule has 1 aliphatic rings. The fraction of sp³-hybridized carbons (Fsp3) is 0.529. The molecule has 24 heavy (non-hydrogen) atoms. The molecule has 0 unspecified atom stereocenters. The normalized spacial score (nSPS) is 17.9. The second kappa shape index (κ2) is 8.28. The number of piperidine rings is 1. The maximum atomic E-state index is 12.7. The van der Waals surface area contributed by atoms with E-state index in [0.29, 0.717) is 18.2 Å². The Hall–Kier alpha value is -1.89. The fourth-order valence-electron chi connectivity index (χ4n) is 3.14. The Bertz CT molecular complexity index is 660. The summed E-state index contributed by atoms with van der Waals surface area (Å²) in [4.78, 5) is 14.8. The van der Waals surface area contributed by atoms with Gasteiger partial charge < -0.3 is 4.90 Å². The van der Waals surface area contributed by atoms with E-state index in [1.54, 1.807) is 4.68 Å². The Morgan fingerprint density at radius 1 is 1.29 bits per heavy atom. The average molecular weight is 345 g/mol. The summed E-state index contributed by atoms with van der Waals surface area (Å²) in [5.41, 5.74) is 1.31. The first-order chi connectivity index (χ1) is 11.7. The molecule has 1 aromatic heterocycles. The maximum absolute atomic E-state index is 12.7. The molecule has 6 nitrogen and oxygen atoms in total. The Kier molecular flexibility index (Phi) is 5.85. The van der Waals surface area contributed by atoms with Gasteiger partial charge in [0.25, 0.3) is 0 Å². The second-order valence-electron chi connectivity index (χ2n) is 6.11. The molecule has 0 bridgehead atoms. The summed E-state index contributed by atoms with van der Waals surface area (Å²) in [6.07, 6.45) is 4.90. The third-order valence-electron chi connectivity index (χ3n) is 4.39. The second-order valence-corrected chi connectivity index (χ2v) is 7.17. The maximum Gasteiger partial charge on any atom is 0.223 e. The minimum Gasteiger partial charge on any atom is -0.339 e. The Balaban J connectivity index is 1.54. The average Bonchev–Trinajstić information content (AvgIpc) is 3.01. The van der Waals surface area contributed by atoms with E-state index in [1.165, 1.54) is 23.7 Å². The van der Waals surface area contributed by atoms with Crippen LogP contribution in [0.5, 0.6) is 0 Å². The van der Waals surface area contributed by atoms with Gasteiger partial charge in [-0.1, -0.05) is 42.1 Å². The van der Waals surface area contributed by atoms with Crippen LogP contribution in [0.15, 0.2) is 35.5 Å². The molecule has 1 saturated heterocycles. The number of hydrogen-bond donors (Lipinski definition) is 0. The highest BCUT2D eigenvalue weighted by atomic mass is 32.2. The summed E-state index contributed by atoms with van der Waals surface area (Å²) in [5.74, 6) is 0.958. The predicted molar refractivity (Wildman–Crippen MR) is 93.6 cm³/mol. The number of thioether (sulfide) groups is 1. The third kappa shape index (κ3) is 4.35. The highest BCUT2D eigenvalue weighted by Gasteiger charge is 2.26. The number of rotatable bonds is 6. The summed E-state index contributed by atoms with van der Waals surface area (Å²) in [5, 5.41) is 12.1. The van der Waals surface area contributed by atoms with Crippen molar-refractivity contribution in [2.45, 2.75) is 43.3 Å². The van der Waals surface area contributed by atoms with E-state index < -0.39 is 0 Å². The van der Waals surface area contributed by atoms with Gasteiger partial charge in [0.2, 0.25) is 11.1 Å². The van der Waals surface area contributed by atoms with Crippen molar-refractivity contribution in [3.63, 3.8) is 0 Å². The van der Waals surface area contributed by atoms with Crippen molar-refractivity contribution in [2.24, 2.45) is 7.05 Å². The molecule has 0 aliphatic carbocycles. The van der Waals surface area contributed by atoms with Gasteiger partial charge >= 0.3 is 0 Å². The van der Waals surface area contributed by atoms with Gasteiger partial charge in [0.05, 0.1) is 0 Å². The van der Waals surface area contributed by atoms with Gasteiger partial charge in [-0.2, -0.15) is 0 Å². The van der Waals surface area contributed by atoms with E-state index in [0.717, 1.165) is 31.0 Å². The van der Waals surface area contributed by atoms with Gasteiger partial charge in [0, 0.05) is 31.8 Å². The number of likely N-dealkylation sites (tertiary alicyclic amines) is 1. The number of benzene rings is 1. The van der Waals surface area contributed by atoms with Crippen molar-refractivity contribution in [3.05, 3.63) is 35.9 Å². The molecule has 0 spiro atoms. The lowest BCUT2D eigenvalue weighted by Gasteiger charge is -2.36. The first-order valence-corrected chi connectivity index (χ1v) is 9.41. The highest BCUT2D eigenvalue weighted by Crippen LogP contribution is 2.22. The van der Waals surface area contributed by atoms with Gasteiger partial charge in [-0.05, 0) is 41.7 Å². The van der Waals surface area contributed by atoms with Crippen molar-refractivity contribution >= 4 is 17.7 Å². The monoisotopic (exact) mass is 345 g/mol. The molecular formula is C17H23N5OS. The number of amides is 1. The zero-order valence-corrected chi connectivity index (χ0v) is 14.8. The Morgan fingerprint density at radius 3 is 2.88 bits per heavy atom. The van der Waals surface area contributed by atoms with Crippen LogP contribution in [0.1, 0.15) is 31.2 Å². The van der Waals surface area contributed by atoms with Crippen molar-refractivity contribution in [1.82, 2.24) is 25.1 Å². The standard InChI is InChI=1S/C17H23N5OS/c1-21-17(18-19-20-21)24-12-10-16(23)22-11-6-5-9-15(22)13-14-7-3-2-4-8-14/h2-4,7-8,15H,5-6,9-13H2,1H3/t15-/m0/s1. The van der Waals surface area contributed by atoms with Crippen molar-refractivity contribution < 1.29 is 4.79 Å². The first-order valence-electron chi connectivity index (χ1n) is 8.42. The predicted octanol–water partition coefficient (Wildman–Crippen LogP) is 2.32. The molecule has 2 heterocycles. The van der Waals surface area contributed by atoms with E-state index in [2.05, 4.69) is 44.7 Å². The highest BCUT2D eigenvalue weighted by molar-refractivity contribution is 7.99. The van der Waals surface area contributed by atoms with Crippen LogP contribution in [0, 0.1) is 0 Å². The minimum atomic E-state index is 0.248. The summed E-state index contributed by atoms with van der Waals surface area (Å²) >= 11 is 1.53. The lowest BCUT2D eigenvalue weighted by molar-refractivity contribution is -0.134. The van der Waals surface area contributed by atoms with E-state index in [9.17, 15) is 4.79 Å². The molecular weight excluding hydrogens is 322 g/mol. The van der Waals surface area contributed by atoms with Gasteiger partial charge in [0.15, 0.2) is 0 Å². The topological polar surface area (TPSA) is 63.9 Å². The van der Waals surface area contributed by atoms with Crippen LogP contribution >= 0.6 is 11.8 Å². The molecule has 0 saturated carbocycles. The molecule has 128 valence electrons. The SMILES string of the molecule is Cn1nnnc1SCCC(=O)N1CCCC[C@H]1Cc1ccccc1. The zero-order valence-electron chi connectivity index (χ0n) is 14.0. The van der Waals surface area contributed by atoms with Gasteiger partial charge in [0.1, 0.15) is 0 Å².